The Morgan fingerprint density at radius 3 is 2.36 bits per heavy atom. The summed E-state index contributed by atoms with van der Waals surface area (Å²) in [6, 6.07) is 15.4. The molecule has 3 N–H and O–H groups in total. The fourth-order valence-corrected chi connectivity index (χ4v) is 3.25. The lowest BCUT2D eigenvalue weighted by Crippen LogP contribution is -2.36. The Bertz CT molecular complexity index is 668. The molecular weight excluding hydrogens is 360 g/mol. The van der Waals surface area contributed by atoms with Crippen molar-refractivity contribution >= 4 is 32.6 Å². The minimum atomic E-state index is -1.20. The maximum Gasteiger partial charge on any atom is 0.0979 e. The molecule has 22 heavy (non-hydrogen) atoms. The highest BCUT2D eigenvalue weighted by Gasteiger charge is 2.25. The van der Waals surface area contributed by atoms with E-state index in [1.165, 1.54) is 0 Å². The van der Waals surface area contributed by atoms with Gasteiger partial charge in [-0.3, -0.25) is 0 Å². The van der Waals surface area contributed by atoms with Gasteiger partial charge in [-0.2, -0.15) is 0 Å². The van der Waals surface area contributed by atoms with E-state index in [0.717, 1.165) is 15.6 Å². The van der Waals surface area contributed by atoms with E-state index in [2.05, 4.69) is 20.7 Å². The monoisotopic (exact) mass is 380 g/mol. The Morgan fingerprint density at radius 2 is 1.77 bits per heavy atom. The Labute approximate surface area is 143 Å². The van der Waals surface area contributed by atoms with Crippen LogP contribution < -0.4 is 10.5 Å². The molecule has 0 aliphatic heterocycles. The lowest BCUT2D eigenvalue weighted by molar-refractivity contribution is 0.624. The molecule has 2 aromatic carbocycles. The van der Waals surface area contributed by atoms with Gasteiger partial charge in [-0.25, -0.2) is 8.93 Å². The van der Waals surface area contributed by atoms with Crippen molar-refractivity contribution in [1.82, 2.24) is 4.72 Å². The number of hydrogen-bond acceptors (Lipinski definition) is 2. The summed E-state index contributed by atoms with van der Waals surface area (Å²) in [7, 11) is -1.20. The first-order chi connectivity index (χ1) is 10.3. The summed E-state index contributed by atoms with van der Waals surface area (Å²) < 4.78 is 16.4. The Kier molecular flexibility index (Phi) is 5.42. The van der Waals surface area contributed by atoms with Crippen LogP contribution in [0.2, 0.25) is 0 Å². The quantitative estimate of drug-likeness (QED) is 0.781. The minimum absolute atomic E-state index is 0.223. The van der Waals surface area contributed by atoms with Gasteiger partial charge >= 0.3 is 0 Å². The molecule has 0 aromatic heterocycles. The summed E-state index contributed by atoms with van der Waals surface area (Å²) in [5, 5.41) is 0. The van der Waals surface area contributed by atoms with Crippen LogP contribution in [0.4, 0.5) is 5.69 Å². The average molecular weight is 381 g/mol. The zero-order chi connectivity index (χ0) is 16.3. The summed E-state index contributed by atoms with van der Waals surface area (Å²) in [6.45, 7) is 5.84. The van der Waals surface area contributed by atoms with Gasteiger partial charge in [0.2, 0.25) is 0 Å². The van der Waals surface area contributed by atoms with Crippen LogP contribution in [0.25, 0.3) is 0 Å². The molecule has 0 aliphatic carbocycles. The standard InChI is InChI=1S/C17H21BrN2OS/c1-17(2,3)22(21)20-16(12-7-5-4-6-8-12)14-11-13(18)9-10-15(14)19/h4-11,16,20H,19H2,1-3H3/t16-,22-/m1/s1. The lowest BCUT2D eigenvalue weighted by atomic mass is 9.98. The molecule has 0 spiro atoms. The minimum Gasteiger partial charge on any atom is -0.398 e. The topological polar surface area (TPSA) is 55.1 Å². The molecule has 0 fully saturated rings. The summed E-state index contributed by atoms with van der Waals surface area (Å²) in [6.07, 6.45) is 0. The number of nitrogens with one attached hydrogen (secondary N) is 1. The predicted molar refractivity (Wildman–Crippen MR) is 97.9 cm³/mol. The predicted octanol–water partition coefficient (Wildman–Crippen LogP) is 4.17. The van der Waals surface area contributed by atoms with Gasteiger partial charge in [0.05, 0.1) is 21.8 Å². The van der Waals surface area contributed by atoms with Crippen molar-refractivity contribution < 1.29 is 4.21 Å². The maximum absolute atomic E-state index is 12.6. The highest BCUT2D eigenvalue weighted by atomic mass is 79.9. The van der Waals surface area contributed by atoms with Crippen LogP contribution in [0.15, 0.2) is 53.0 Å². The van der Waals surface area contributed by atoms with E-state index in [1.54, 1.807) is 0 Å². The van der Waals surface area contributed by atoms with Crippen molar-refractivity contribution in [1.29, 1.82) is 0 Å². The number of benzene rings is 2. The largest absolute Gasteiger partial charge is 0.398 e. The van der Waals surface area contributed by atoms with E-state index < -0.39 is 11.0 Å². The SMILES string of the molecule is CC(C)(C)[S@@](=O)N[C@H](c1ccccc1)c1cc(Br)ccc1N. The second kappa shape index (κ2) is 6.94. The molecule has 0 unspecified atom stereocenters. The summed E-state index contributed by atoms with van der Waals surface area (Å²) in [5.41, 5.74) is 8.78. The third-order valence-electron chi connectivity index (χ3n) is 3.27. The van der Waals surface area contributed by atoms with Crippen molar-refractivity contribution in [3.8, 4) is 0 Å². The van der Waals surface area contributed by atoms with E-state index in [9.17, 15) is 4.21 Å². The fraction of sp³-hybridized carbons (Fsp3) is 0.294. The number of nitrogen functional groups attached to an aromatic ring is 1. The van der Waals surface area contributed by atoms with Gasteiger partial charge in [-0.05, 0) is 50.1 Å². The van der Waals surface area contributed by atoms with Gasteiger partial charge < -0.3 is 5.73 Å². The van der Waals surface area contributed by atoms with Crippen LogP contribution in [-0.4, -0.2) is 8.96 Å². The summed E-state index contributed by atoms with van der Waals surface area (Å²) in [5.74, 6) is 0. The van der Waals surface area contributed by atoms with Gasteiger partial charge in [0.25, 0.3) is 0 Å². The zero-order valence-corrected chi connectivity index (χ0v) is 15.4. The number of halogens is 1. The molecule has 0 radical (unpaired) electrons. The molecule has 0 aliphatic rings. The molecule has 3 nitrogen and oxygen atoms in total. The van der Waals surface area contributed by atoms with E-state index in [0.29, 0.717) is 5.69 Å². The van der Waals surface area contributed by atoms with Gasteiger partial charge in [-0.15, -0.1) is 0 Å². The molecule has 0 bridgehead atoms. The van der Waals surface area contributed by atoms with Crippen molar-refractivity contribution in [3.63, 3.8) is 0 Å². The fourth-order valence-electron chi connectivity index (χ4n) is 2.04. The molecule has 0 saturated carbocycles. The highest BCUT2D eigenvalue weighted by molar-refractivity contribution is 9.10. The first kappa shape index (κ1) is 17.2. The first-order valence-electron chi connectivity index (χ1n) is 7.07. The number of hydrogen-bond donors (Lipinski definition) is 2. The maximum atomic E-state index is 12.6. The van der Waals surface area contributed by atoms with Crippen molar-refractivity contribution in [2.75, 3.05) is 5.73 Å². The number of rotatable bonds is 4. The van der Waals surface area contributed by atoms with Crippen molar-refractivity contribution in [3.05, 3.63) is 64.1 Å². The van der Waals surface area contributed by atoms with Gasteiger partial charge in [0.15, 0.2) is 0 Å². The number of nitrogens with two attached hydrogens (primary N) is 1. The lowest BCUT2D eigenvalue weighted by Gasteiger charge is -2.26. The number of anilines is 1. The molecule has 2 rings (SSSR count). The second-order valence-electron chi connectivity index (χ2n) is 6.12. The third kappa shape index (κ3) is 4.18. The van der Waals surface area contributed by atoms with Gasteiger partial charge in [0.1, 0.15) is 0 Å². The molecule has 0 heterocycles. The molecule has 5 heteroatoms. The van der Waals surface area contributed by atoms with E-state index >= 15 is 0 Å². The van der Waals surface area contributed by atoms with E-state index in [4.69, 9.17) is 5.73 Å². The molecule has 0 saturated heterocycles. The summed E-state index contributed by atoms with van der Waals surface area (Å²) in [4.78, 5) is 0. The van der Waals surface area contributed by atoms with Gasteiger partial charge in [-0.1, -0.05) is 46.3 Å². The first-order valence-corrected chi connectivity index (χ1v) is 9.01. The molecule has 0 amide bonds. The second-order valence-corrected chi connectivity index (χ2v) is 9.03. The van der Waals surface area contributed by atoms with E-state index in [-0.39, 0.29) is 10.8 Å². The van der Waals surface area contributed by atoms with Crippen LogP contribution in [0.3, 0.4) is 0 Å². The molecule has 118 valence electrons. The van der Waals surface area contributed by atoms with Crippen LogP contribution in [0, 0.1) is 0 Å². The summed E-state index contributed by atoms with van der Waals surface area (Å²) >= 11 is 3.48. The smallest absolute Gasteiger partial charge is 0.0979 e. The average Bonchev–Trinajstić information content (AvgIpc) is 2.47. The van der Waals surface area contributed by atoms with Gasteiger partial charge in [0, 0.05) is 10.2 Å². The normalized spacial score (nSPS) is 14.5. The Hall–Kier alpha value is -1.17. The Balaban J connectivity index is 2.47. The van der Waals surface area contributed by atoms with Crippen LogP contribution in [0.1, 0.15) is 37.9 Å². The van der Waals surface area contributed by atoms with Crippen LogP contribution in [0.5, 0.6) is 0 Å². The van der Waals surface area contributed by atoms with Crippen molar-refractivity contribution in [2.24, 2.45) is 0 Å². The Morgan fingerprint density at radius 1 is 1.14 bits per heavy atom. The molecule has 2 aromatic rings. The van der Waals surface area contributed by atoms with Crippen LogP contribution in [-0.2, 0) is 11.0 Å². The van der Waals surface area contributed by atoms with Crippen LogP contribution >= 0.6 is 15.9 Å². The van der Waals surface area contributed by atoms with Crippen molar-refractivity contribution in [2.45, 2.75) is 31.6 Å². The highest BCUT2D eigenvalue weighted by Crippen LogP contribution is 2.30. The third-order valence-corrected chi connectivity index (χ3v) is 5.33. The molecular formula is C17H21BrN2OS. The zero-order valence-electron chi connectivity index (χ0n) is 13.0. The molecule has 2 atom stereocenters. The van der Waals surface area contributed by atoms with E-state index in [1.807, 2.05) is 69.3 Å².